The van der Waals surface area contributed by atoms with E-state index in [-0.39, 0.29) is 4.90 Å². The summed E-state index contributed by atoms with van der Waals surface area (Å²) in [6, 6.07) is 8.22. The smallest absolute Gasteiger partial charge is 0.240 e. The van der Waals surface area contributed by atoms with E-state index >= 15 is 0 Å². The first-order valence-corrected chi connectivity index (χ1v) is 8.48. The van der Waals surface area contributed by atoms with Gasteiger partial charge in [-0.2, -0.15) is 0 Å². The Bertz CT molecular complexity index is 693. The van der Waals surface area contributed by atoms with Crippen molar-refractivity contribution in [2.24, 2.45) is 0 Å². The number of sulfonamides is 1. The van der Waals surface area contributed by atoms with Crippen molar-refractivity contribution in [3.05, 3.63) is 57.8 Å². The molecule has 2 aromatic rings. The molecular formula is C13H12BrClN2O2S. The maximum absolute atomic E-state index is 12.1. The van der Waals surface area contributed by atoms with Crippen molar-refractivity contribution >= 4 is 37.6 Å². The number of halogens is 2. The monoisotopic (exact) mass is 374 g/mol. The first kappa shape index (κ1) is 15.4. The second-order valence-electron chi connectivity index (χ2n) is 4.08. The molecule has 7 heteroatoms. The number of rotatable bonds is 5. The van der Waals surface area contributed by atoms with Gasteiger partial charge in [-0.1, -0.05) is 17.7 Å². The third kappa shape index (κ3) is 4.02. The van der Waals surface area contributed by atoms with E-state index < -0.39 is 10.0 Å². The first-order valence-electron chi connectivity index (χ1n) is 5.83. The van der Waals surface area contributed by atoms with Crippen molar-refractivity contribution < 1.29 is 8.42 Å². The van der Waals surface area contributed by atoms with Crippen molar-refractivity contribution in [1.29, 1.82) is 0 Å². The molecule has 0 amide bonds. The Kier molecular flexibility index (Phi) is 5.15. The highest BCUT2D eigenvalue weighted by molar-refractivity contribution is 9.10. The number of benzene rings is 1. The third-order valence-corrected chi connectivity index (χ3v) is 5.30. The van der Waals surface area contributed by atoms with Crippen LogP contribution in [0.25, 0.3) is 0 Å². The van der Waals surface area contributed by atoms with Gasteiger partial charge in [-0.15, -0.1) is 0 Å². The molecule has 0 saturated heterocycles. The van der Waals surface area contributed by atoms with Crippen molar-refractivity contribution in [1.82, 2.24) is 9.71 Å². The van der Waals surface area contributed by atoms with Gasteiger partial charge in [0.15, 0.2) is 0 Å². The van der Waals surface area contributed by atoms with Crippen LogP contribution in [0.1, 0.15) is 5.56 Å². The normalized spacial score (nSPS) is 11.5. The summed E-state index contributed by atoms with van der Waals surface area (Å²) in [4.78, 5) is 4.16. The Balaban J connectivity index is 2.02. The Labute approximate surface area is 131 Å². The lowest BCUT2D eigenvalue weighted by atomic mass is 10.2. The van der Waals surface area contributed by atoms with E-state index in [1.54, 1.807) is 18.5 Å². The average Bonchev–Trinajstić information content (AvgIpc) is 2.43. The fourth-order valence-electron chi connectivity index (χ4n) is 1.60. The van der Waals surface area contributed by atoms with Crippen LogP contribution in [-0.4, -0.2) is 19.9 Å². The molecule has 0 bridgehead atoms. The molecule has 20 heavy (non-hydrogen) atoms. The topological polar surface area (TPSA) is 59.1 Å². The summed E-state index contributed by atoms with van der Waals surface area (Å²) in [5, 5.41) is 0.472. The Hall–Kier alpha value is -0.950. The number of pyridine rings is 1. The van der Waals surface area contributed by atoms with E-state index in [2.05, 4.69) is 25.6 Å². The molecule has 0 atom stereocenters. The lowest BCUT2D eigenvalue weighted by Crippen LogP contribution is -2.26. The van der Waals surface area contributed by atoms with Crippen molar-refractivity contribution in [3.8, 4) is 0 Å². The second-order valence-corrected chi connectivity index (χ2v) is 7.11. The van der Waals surface area contributed by atoms with Gasteiger partial charge in [0.05, 0.1) is 9.92 Å². The Morgan fingerprint density at radius 3 is 2.75 bits per heavy atom. The van der Waals surface area contributed by atoms with Gasteiger partial charge in [-0.05, 0) is 52.2 Å². The highest BCUT2D eigenvalue weighted by atomic mass is 79.9. The Morgan fingerprint density at radius 1 is 1.30 bits per heavy atom. The molecule has 0 aliphatic heterocycles. The maximum Gasteiger partial charge on any atom is 0.240 e. The molecule has 0 aliphatic carbocycles. The molecular weight excluding hydrogens is 364 g/mol. The van der Waals surface area contributed by atoms with E-state index in [9.17, 15) is 8.42 Å². The standard InChI is InChI=1S/C13H12BrClN2O2S/c14-12-8-11(3-4-13(12)15)20(18,19)17-7-5-10-2-1-6-16-9-10/h1-4,6,8-9,17H,5,7H2. The fraction of sp³-hybridized carbons (Fsp3) is 0.154. The molecule has 4 nitrogen and oxygen atoms in total. The van der Waals surface area contributed by atoms with Crippen LogP contribution in [-0.2, 0) is 16.4 Å². The molecule has 0 radical (unpaired) electrons. The van der Waals surface area contributed by atoms with Crippen LogP contribution >= 0.6 is 27.5 Å². The fourth-order valence-corrected chi connectivity index (χ4v) is 3.31. The minimum Gasteiger partial charge on any atom is -0.264 e. The van der Waals surface area contributed by atoms with Crippen LogP contribution in [0.15, 0.2) is 52.1 Å². The Morgan fingerprint density at radius 2 is 2.10 bits per heavy atom. The lowest BCUT2D eigenvalue weighted by molar-refractivity contribution is 0.581. The largest absolute Gasteiger partial charge is 0.264 e. The number of nitrogens with zero attached hydrogens (tertiary/aromatic N) is 1. The van der Waals surface area contributed by atoms with Crippen LogP contribution < -0.4 is 4.72 Å². The molecule has 1 aromatic heterocycles. The van der Waals surface area contributed by atoms with Crippen molar-refractivity contribution in [2.45, 2.75) is 11.3 Å². The van der Waals surface area contributed by atoms with Crippen molar-refractivity contribution in [3.63, 3.8) is 0 Å². The van der Waals surface area contributed by atoms with Gasteiger partial charge < -0.3 is 0 Å². The molecule has 0 saturated carbocycles. The molecule has 0 unspecified atom stereocenters. The summed E-state index contributed by atoms with van der Waals surface area (Å²) < 4.78 is 27.3. The van der Waals surface area contributed by atoms with Crippen LogP contribution in [0, 0.1) is 0 Å². The van der Waals surface area contributed by atoms with Crippen LogP contribution in [0.5, 0.6) is 0 Å². The highest BCUT2D eigenvalue weighted by Gasteiger charge is 2.14. The van der Waals surface area contributed by atoms with Crippen LogP contribution in [0.2, 0.25) is 5.02 Å². The summed E-state index contributed by atoms with van der Waals surface area (Å²) in [7, 11) is -3.53. The summed E-state index contributed by atoms with van der Waals surface area (Å²) >= 11 is 9.06. The maximum atomic E-state index is 12.1. The first-order chi connectivity index (χ1) is 9.49. The van der Waals surface area contributed by atoms with E-state index in [0.717, 1.165) is 5.56 Å². The molecule has 0 spiro atoms. The third-order valence-electron chi connectivity index (χ3n) is 2.63. The van der Waals surface area contributed by atoms with E-state index in [0.29, 0.717) is 22.5 Å². The molecule has 0 fully saturated rings. The lowest BCUT2D eigenvalue weighted by Gasteiger charge is -2.07. The predicted molar refractivity (Wildman–Crippen MR) is 82.3 cm³/mol. The van der Waals surface area contributed by atoms with Gasteiger partial charge >= 0.3 is 0 Å². The summed E-state index contributed by atoms with van der Waals surface area (Å²) in [5.74, 6) is 0. The second kappa shape index (κ2) is 6.67. The zero-order valence-electron chi connectivity index (χ0n) is 10.4. The van der Waals surface area contributed by atoms with E-state index in [1.165, 1.54) is 12.1 Å². The molecule has 1 N–H and O–H groups in total. The minimum absolute atomic E-state index is 0.181. The summed E-state index contributed by atoms with van der Waals surface area (Å²) in [6.45, 7) is 0.314. The molecule has 0 aliphatic rings. The molecule has 1 aromatic carbocycles. The molecule has 1 heterocycles. The minimum atomic E-state index is -3.53. The number of nitrogens with one attached hydrogen (secondary N) is 1. The van der Waals surface area contributed by atoms with Crippen LogP contribution in [0.3, 0.4) is 0 Å². The van der Waals surface area contributed by atoms with Crippen molar-refractivity contribution in [2.75, 3.05) is 6.54 Å². The summed E-state index contributed by atoms with van der Waals surface area (Å²) in [5.41, 5.74) is 0.979. The predicted octanol–water partition coefficient (Wildman–Crippen LogP) is 3.02. The zero-order chi connectivity index (χ0) is 14.6. The van der Waals surface area contributed by atoms with Gasteiger partial charge in [-0.3, -0.25) is 4.98 Å². The molecule has 106 valence electrons. The van der Waals surface area contributed by atoms with E-state index in [4.69, 9.17) is 11.6 Å². The quantitative estimate of drug-likeness (QED) is 0.874. The van der Waals surface area contributed by atoms with Gasteiger partial charge in [0.25, 0.3) is 0 Å². The summed E-state index contributed by atoms with van der Waals surface area (Å²) in [6.07, 6.45) is 3.98. The number of aromatic nitrogens is 1. The average molecular weight is 376 g/mol. The van der Waals surface area contributed by atoms with Gasteiger partial charge in [0.1, 0.15) is 0 Å². The van der Waals surface area contributed by atoms with E-state index in [1.807, 2.05) is 12.1 Å². The highest BCUT2D eigenvalue weighted by Crippen LogP contribution is 2.25. The van der Waals surface area contributed by atoms with Gasteiger partial charge in [0.2, 0.25) is 10.0 Å². The van der Waals surface area contributed by atoms with Crippen LogP contribution in [0.4, 0.5) is 0 Å². The number of hydrogen-bond donors (Lipinski definition) is 1. The van der Waals surface area contributed by atoms with Gasteiger partial charge in [0, 0.05) is 23.4 Å². The number of hydrogen-bond acceptors (Lipinski definition) is 3. The van der Waals surface area contributed by atoms with Gasteiger partial charge in [-0.25, -0.2) is 13.1 Å². The molecule has 2 rings (SSSR count). The SMILES string of the molecule is O=S(=O)(NCCc1cccnc1)c1ccc(Cl)c(Br)c1. The zero-order valence-corrected chi connectivity index (χ0v) is 13.5.